The number of piperidine rings is 1. The summed E-state index contributed by atoms with van der Waals surface area (Å²) in [6, 6.07) is 7.83. The van der Waals surface area contributed by atoms with Gasteiger partial charge in [0.2, 0.25) is 5.91 Å². The summed E-state index contributed by atoms with van der Waals surface area (Å²) in [7, 11) is 1.64. The van der Waals surface area contributed by atoms with Crippen molar-refractivity contribution in [3.8, 4) is 5.75 Å². The smallest absolute Gasteiger partial charge is 0.276 e. The van der Waals surface area contributed by atoms with E-state index in [2.05, 4.69) is 10.3 Å². The van der Waals surface area contributed by atoms with Crippen molar-refractivity contribution in [1.29, 1.82) is 0 Å². The molecule has 2 heterocycles. The van der Waals surface area contributed by atoms with E-state index in [9.17, 15) is 9.59 Å². The van der Waals surface area contributed by atoms with Crippen LogP contribution >= 0.6 is 0 Å². The van der Waals surface area contributed by atoms with Gasteiger partial charge in [0.05, 0.1) is 19.3 Å². The maximum atomic E-state index is 13.2. The molecule has 0 spiro atoms. The number of rotatable bonds is 7. The number of nitrogens with zero attached hydrogens (tertiary/aromatic N) is 5. The van der Waals surface area contributed by atoms with E-state index < -0.39 is 0 Å². The molecule has 0 radical (unpaired) electrons. The molecule has 0 bridgehead atoms. The van der Waals surface area contributed by atoms with Crippen LogP contribution in [0.3, 0.4) is 0 Å². The lowest BCUT2D eigenvalue weighted by molar-refractivity contribution is -0.131. The molecule has 0 N–H and O–H groups in total. The van der Waals surface area contributed by atoms with Crippen molar-refractivity contribution in [2.75, 3.05) is 26.7 Å². The molecule has 1 unspecified atom stereocenters. The summed E-state index contributed by atoms with van der Waals surface area (Å²) in [5.41, 5.74) is 1.33. The zero-order valence-corrected chi connectivity index (χ0v) is 17.4. The number of methoxy groups -OCH3 is 1. The van der Waals surface area contributed by atoms with E-state index in [1.54, 1.807) is 18.2 Å². The summed E-state index contributed by atoms with van der Waals surface area (Å²) >= 11 is 0. The van der Waals surface area contributed by atoms with Crippen LogP contribution in [0.2, 0.25) is 0 Å². The molecule has 3 rings (SSSR count). The van der Waals surface area contributed by atoms with Gasteiger partial charge in [0.25, 0.3) is 5.91 Å². The zero-order chi connectivity index (χ0) is 20.8. The Labute approximate surface area is 171 Å². The molecule has 2 aromatic rings. The fraction of sp³-hybridized carbons (Fsp3) is 0.524. The second-order valence-electron chi connectivity index (χ2n) is 7.15. The summed E-state index contributed by atoms with van der Waals surface area (Å²) in [6.45, 7) is 5.92. The number of likely N-dealkylation sites (tertiary alicyclic amines) is 1. The second kappa shape index (κ2) is 9.54. The summed E-state index contributed by atoms with van der Waals surface area (Å²) in [5, 5.41) is 8.04. The third kappa shape index (κ3) is 4.75. The SMILES string of the molecule is CCN(CC)C(=O)Cn1cc(C(=O)N2CCCCC2c2cccc(OC)c2)nn1. The summed E-state index contributed by atoms with van der Waals surface area (Å²) in [5.74, 6) is 0.589. The number of aromatic nitrogens is 3. The highest BCUT2D eigenvalue weighted by Gasteiger charge is 2.30. The number of hydrogen-bond donors (Lipinski definition) is 0. The molecular formula is C21H29N5O3. The van der Waals surface area contributed by atoms with Gasteiger partial charge in [0.15, 0.2) is 5.69 Å². The van der Waals surface area contributed by atoms with Gasteiger partial charge in [0, 0.05) is 19.6 Å². The van der Waals surface area contributed by atoms with E-state index in [0.29, 0.717) is 19.6 Å². The van der Waals surface area contributed by atoms with Crippen molar-refractivity contribution < 1.29 is 14.3 Å². The van der Waals surface area contributed by atoms with E-state index in [1.807, 2.05) is 43.0 Å². The van der Waals surface area contributed by atoms with E-state index in [0.717, 1.165) is 30.6 Å². The first-order chi connectivity index (χ1) is 14.1. The number of carbonyl (C=O) groups is 2. The average Bonchev–Trinajstić information content (AvgIpc) is 3.22. The van der Waals surface area contributed by atoms with Crippen LogP contribution in [-0.4, -0.2) is 63.4 Å². The van der Waals surface area contributed by atoms with Gasteiger partial charge in [0.1, 0.15) is 12.3 Å². The van der Waals surface area contributed by atoms with Crippen LogP contribution in [0.5, 0.6) is 5.75 Å². The molecule has 8 heteroatoms. The number of ether oxygens (including phenoxy) is 1. The zero-order valence-electron chi connectivity index (χ0n) is 17.4. The fourth-order valence-corrected chi connectivity index (χ4v) is 3.81. The van der Waals surface area contributed by atoms with Gasteiger partial charge in [-0.15, -0.1) is 5.10 Å². The molecular weight excluding hydrogens is 370 g/mol. The highest BCUT2D eigenvalue weighted by molar-refractivity contribution is 5.92. The molecule has 1 aromatic heterocycles. The summed E-state index contributed by atoms with van der Waals surface area (Å²) in [4.78, 5) is 29.0. The normalized spacial score (nSPS) is 16.5. The van der Waals surface area contributed by atoms with Gasteiger partial charge in [-0.3, -0.25) is 9.59 Å². The van der Waals surface area contributed by atoms with Gasteiger partial charge in [-0.25, -0.2) is 4.68 Å². The molecule has 29 heavy (non-hydrogen) atoms. The lowest BCUT2D eigenvalue weighted by atomic mass is 9.94. The molecule has 1 aliphatic rings. The summed E-state index contributed by atoms with van der Waals surface area (Å²) < 4.78 is 6.78. The Bertz CT molecular complexity index is 846. The quantitative estimate of drug-likeness (QED) is 0.715. The van der Waals surface area contributed by atoms with Crippen molar-refractivity contribution in [3.05, 3.63) is 41.7 Å². The van der Waals surface area contributed by atoms with Crippen LogP contribution in [0.25, 0.3) is 0 Å². The van der Waals surface area contributed by atoms with Crippen molar-refractivity contribution in [3.63, 3.8) is 0 Å². The third-order valence-corrected chi connectivity index (χ3v) is 5.41. The monoisotopic (exact) mass is 399 g/mol. The highest BCUT2D eigenvalue weighted by Crippen LogP contribution is 2.33. The first-order valence-corrected chi connectivity index (χ1v) is 10.2. The molecule has 1 fully saturated rings. The van der Waals surface area contributed by atoms with Crippen LogP contribution < -0.4 is 4.74 Å². The van der Waals surface area contributed by atoms with E-state index >= 15 is 0 Å². The van der Waals surface area contributed by atoms with Crippen LogP contribution in [0.15, 0.2) is 30.5 Å². The topological polar surface area (TPSA) is 80.6 Å². The van der Waals surface area contributed by atoms with Crippen LogP contribution in [0.4, 0.5) is 0 Å². The average molecular weight is 399 g/mol. The highest BCUT2D eigenvalue weighted by atomic mass is 16.5. The molecule has 1 atom stereocenters. The molecule has 1 aromatic carbocycles. The lowest BCUT2D eigenvalue weighted by Crippen LogP contribution is -2.38. The maximum Gasteiger partial charge on any atom is 0.276 e. The standard InChI is InChI=1S/C21H29N5O3/c1-4-24(5-2)20(27)15-25-14-18(22-23-25)21(28)26-12-7-6-11-19(26)16-9-8-10-17(13-16)29-3/h8-10,13-14,19H,4-7,11-12,15H2,1-3H3. The van der Waals surface area contributed by atoms with Crippen LogP contribution in [0, 0.1) is 0 Å². The molecule has 156 valence electrons. The Morgan fingerprint density at radius 1 is 1.24 bits per heavy atom. The minimum atomic E-state index is -0.154. The van der Waals surface area contributed by atoms with Crippen molar-refractivity contribution in [2.24, 2.45) is 0 Å². The molecule has 1 saturated heterocycles. The van der Waals surface area contributed by atoms with E-state index in [4.69, 9.17) is 4.74 Å². The van der Waals surface area contributed by atoms with Gasteiger partial charge in [-0.2, -0.15) is 0 Å². The first-order valence-electron chi connectivity index (χ1n) is 10.2. The van der Waals surface area contributed by atoms with Gasteiger partial charge in [-0.05, 0) is 50.8 Å². The molecule has 8 nitrogen and oxygen atoms in total. The van der Waals surface area contributed by atoms with Crippen molar-refractivity contribution in [1.82, 2.24) is 24.8 Å². The Morgan fingerprint density at radius 2 is 2.03 bits per heavy atom. The van der Waals surface area contributed by atoms with E-state index in [1.165, 1.54) is 4.68 Å². The number of carbonyl (C=O) groups excluding carboxylic acids is 2. The van der Waals surface area contributed by atoms with Gasteiger partial charge in [-0.1, -0.05) is 17.3 Å². The Morgan fingerprint density at radius 3 is 2.76 bits per heavy atom. The largest absolute Gasteiger partial charge is 0.497 e. The van der Waals surface area contributed by atoms with Gasteiger partial charge >= 0.3 is 0 Å². The van der Waals surface area contributed by atoms with Crippen molar-refractivity contribution >= 4 is 11.8 Å². The predicted molar refractivity (Wildman–Crippen MR) is 109 cm³/mol. The van der Waals surface area contributed by atoms with E-state index in [-0.39, 0.29) is 30.1 Å². The minimum Gasteiger partial charge on any atom is -0.497 e. The Hall–Kier alpha value is -2.90. The molecule has 0 saturated carbocycles. The molecule has 0 aliphatic carbocycles. The van der Waals surface area contributed by atoms with Crippen LogP contribution in [0.1, 0.15) is 55.2 Å². The second-order valence-corrected chi connectivity index (χ2v) is 7.15. The number of hydrogen-bond acceptors (Lipinski definition) is 5. The number of benzene rings is 1. The van der Waals surface area contributed by atoms with Gasteiger partial charge < -0.3 is 14.5 Å². The first kappa shape index (κ1) is 20.8. The number of amides is 2. The summed E-state index contributed by atoms with van der Waals surface area (Å²) in [6.07, 6.45) is 4.49. The van der Waals surface area contributed by atoms with Crippen LogP contribution in [-0.2, 0) is 11.3 Å². The Balaban J connectivity index is 1.76. The maximum absolute atomic E-state index is 13.2. The lowest BCUT2D eigenvalue weighted by Gasteiger charge is -2.35. The Kier molecular flexibility index (Phi) is 6.85. The predicted octanol–water partition coefficient (Wildman–Crippen LogP) is 2.52. The fourth-order valence-electron chi connectivity index (χ4n) is 3.81. The molecule has 1 aliphatic heterocycles. The third-order valence-electron chi connectivity index (χ3n) is 5.41. The molecule has 2 amide bonds. The van der Waals surface area contributed by atoms with Crippen molar-refractivity contribution in [2.45, 2.75) is 45.7 Å². The number of likely N-dealkylation sites (N-methyl/N-ethyl adjacent to an activating group) is 1. The minimum absolute atomic E-state index is 0.0196.